The second-order valence-corrected chi connectivity index (χ2v) is 4.60. The Balaban J connectivity index is 2.55. The average molecular weight is 293 g/mol. The first kappa shape index (κ1) is 15.1. The number of methoxy groups -OCH3 is 2. The molecule has 0 bridgehead atoms. The van der Waals surface area contributed by atoms with Gasteiger partial charge in [0.25, 0.3) is 0 Å². The number of ether oxygens (including phenoxy) is 2. The minimum Gasteiger partial charge on any atom is -0.550 e. The minimum atomic E-state index is -1.09. The molecule has 2 rings (SSSR count). The molecule has 7 heteroatoms. The lowest BCUT2D eigenvalue weighted by Gasteiger charge is -2.11. The van der Waals surface area contributed by atoms with Gasteiger partial charge in [0.15, 0.2) is 11.5 Å². The number of hydrogen-bond donors (Lipinski definition) is 1. The maximum absolute atomic E-state index is 10.7. The van der Waals surface area contributed by atoms with E-state index in [-0.39, 0.29) is 6.42 Å². The molecule has 114 valence electrons. The Morgan fingerprint density at radius 1 is 1.33 bits per heavy atom. The fourth-order valence-electron chi connectivity index (χ4n) is 2.30. The molecule has 0 atom stereocenters. The standard InChI is InChI=1S/C14H19N3O4/c1-20-11-7-9-10(8-12(11)21-2)17(6-4-14(18)19)13(16-9)3-5-15/h7-8H,3-6,15H2,1-2H3,(H,18,19). The average Bonchev–Trinajstić information content (AvgIpc) is 2.80. The largest absolute Gasteiger partial charge is 0.550 e. The second kappa shape index (κ2) is 6.45. The van der Waals surface area contributed by atoms with Crippen LogP contribution in [0.15, 0.2) is 12.1 Å². The number of carboxylic acids is 1. The molecule has 0 fully saturated rings. The van der Waals surface area contributed by atoms with Gasteiger partial charge in [0.2, 0.25) is 0 Å². The number of carboxylic acid groups (broad SMARTS) is 1. The van der Waals surface area contributed by atoms with Crippen LogP contribution in [-0.2, 0) is 17.8 Å². The molecule has 0 radical (unpaired) electrons. The van der Waals surface area contributed by atoms with Crippen molar-refractivity contribution in [2.24, 2.45) is 0 Å². The number of nitrogens with zero attached hydrogens (tertiary/aromatic N) is 2. The lowest BCUT2D eigenvalue weighted by molar-refractivity contribution is -0.366. The Kier molecular flexibility index (Phi) is 4.64. The van der Waals surface area contributed by atoms with Crippen molar-refractivity contribution < 1.29 is 25.1 Å². The highest BCUT2D eigenvalue weighted by Gasteiger charge is 2.15. The van der Waals surface area contributed by atoms with Gasteiger partial charge >= 0.3 is 0 Å². The van der Waals surface area contributed by atoms with Gasteiger partial charge in [0.05, 0.1) is 38.2 Å². The van der Waals surface area contributed by atoms with E-state index in [1.54, 1.807) is 20.3 Å². The summed E-state index contributed by atoms with van der Waals surface area (Å²) in [4.78, 5) is 15.3. The molecular formula is C14H19N3O4. The normalized spacial score (nSPS) is 10.8. The molecule has 0 saturated carbocycles. The SMILES string of the molecule is COc1cc2nc(CC[NH3+])n(CCC(=O)[O-])c2cc1OC. The third-order valence-corrected chi connectivity index (χ3v) is 3.27. The molecule has 0 aliphatic rings. The van der Waals surface area contributed by atoms with Crippen molar-refractivity contribution in [3.05, 3.63) is 18.0 Å². The summed E-state index contributed by atoms with van der Waals surface area (Å²) in [7, 11) is 3.12. The first-order valence-electron chi connectivity index (χ1n) is 6.71. The Labute approximate surface area is 122 Å². The monoisotopic (exact) mass is 293 g/mol. The molecule has 0 amide bonds. The van der Waals surface area contributed by atoms with Crippen LogP contribution in [0, 0.1) is 0 Å². The van der Waals surface area contributed by atoms with Gasteiger partial charge in [-0.3, -0.25) is 0 Å². The van der Waals surface area contributed by atoms with Gasteiger partial charge in [-0.25, -0.2) is 4.98 Å². The van der Waals surface area contributed by atoms with E-state index in [0.717, 1.165) is 16.9 Å². The first-order chi connectivity index (χ1) is 10.1. The van der Waals surface area contributed by atoms with Gasteiger partial charge in [-0.05, 0) is 0 Å². The molecule has 2 aromatic rings. The number of quaternary nitrogens is 1. The fourth-order valence-corrected chi connectivity index (χ4v) is 2.30. The summed E-state index contributed by atoms with van der Waals surface area (Å²) in [5.74, 6) is 0.894. The van der Waals surface area contributed by atoms with Crippen LogP contribution >= 0.6 is 0 Å². The molecule has 1 aromatic heterocycles. The van der Waals surface area contributed by atoms with E-state index in [9.17, 15) is 9.90 Å². The van der Waals surface area contributed by atoms with Crippen molar-refractivity contribution in [3.63, 3.8) is 0 Å². The molecule has 3 N–H and O–H groups in total. The van der Waals surface area contributed by atoms with E-state index in [1.807, 2.05) is 10.6 Å². The molecular weight excluding hydrogens is 274 g/mol. The van der Waals surface area contributed by atoms with Crippen LogP contribution in [0.25, 0.3) is 11.0 Å². The minimum absolute atomic E-state index is 0.0655. The molecule has 7 nitrogen and oxygen atoms in total. The highest BCUT2D eigenvalue weighted by molar-refractivity contribution is 5.81. The zero-order valence-corrected chi connectivity index (χ0v) is 12.2. The van der Waals surface area contributed by atoms with E-state index in [4.69, 9.17) is 9.47 Å². The molecule has 0 aliphatic heterocycles. The molecule has 1 heterocycles. The van der Waals surface area contributed by atoms with Crippen molar-refractivity contribution in [2.75, 3.05) is 20.8 Å². The van der Waals surface area contributed by atoms with Gasteiger partial charge in [-0.2, -0.15) is 0 Å². The summed E-state index contributed by atoms with van der Waals surface area (Å²) < 4.78 is 12.4. The van der Waals surface area contributed by atoms with Crippen LogP contribution in [-0.4, -0.2) is 36.3 Å². The van der Waals surface area contributed by atoms with Crippen LogP contribution in [0.2, 0.25) is 0 Å². The molecule has 0 aliphatic carbocycles. The summed E-state index contributed by atoms with van der Waals surface area (Å²) in [6.45, 7) is 0.993. The topological polar surface area (TPSA) is 104 Å². The third kappa shape index (κ3) is 3.08. The van der Waals surface area contributed by atoms with Gasteiger partial charge in [-0.15, -0.1) is 0 Å². The zero-order chi connectivity index (χ0) is 15.4. The Morgan fingerprint density at radius 3 is 2.57 bits per heavy atom. The van der Waals surface area contributed by atoms with Gasteiger partial charge in [-0.1, -0.05) is 0 Å². The zero-order valence-electron chi connectivity index (χ0n) is 12.2. The van der Waals surface area contributed by atoms with Gasteiger partial charge in [0, 0.05) is 31.1 Å². The summed E-state index contributed by atoms with van der Waals surface area (Å²) in [5.41, 5.74) is 5.39. The van der Waals surface area contributed by atoms with Crippen molar-refractivity contribution in [2.45, 2.75) is 19.4 Å². The fraction of sp³-hybridized carbons (Fsp3) is 0.429. The lowest BCUT2D eigenvalue weighted by Crippen LogP contribution is -2.51. The highest BCUT2D eigenvalue weighted by Crippen LogP contribution is 2.32. The number of benzene rings is 1. The van der Waals surface area contributed by atoms with Gasteiger partial charge < -0.3 is 29.7 Å². The number of carbonyl (C=O) groups is 1. The first-order valence-corrected chi connectivity index (χ1v) is 6.71. The predicted octanol–water partition coefficient (Wildman–Crippen LogP) is -1.02. The van der Waals surface area contributed by atoms with E-state index < -0.39 is 5.97 Å². The maximum Gasteiger partial charge on any atom is 0.163 e. The number of aryl methyl sites for hydroxylation is 1. The number of carbonyl (C=O) groups excluding carboxylic acids is 1. The van der Waals surface area contributed by atoms with Crippen LogP contribution < -0.4 is 20.3 Å². The van der Waals surface area contributed by atoms with Crippen LogP contribution in [0.3, 0.4) is 0 Å². The Hall–Kier alpha value is -2.28. The molecule has 21 heavy (non-hydrogen) atoms. The number of hydrogen-bond acceptors (Lipinski definition) is 5. The van der Waals surface area contributed by atoms with Crippen LogP contribution in [0.4, 0.5) is 0 Å². The summed E-state index contributed by atoms with van der Waals surface area (Å²) in [5, 5.41) is 10.7. The number of rotatable bonds is 7. The lowest BCUT2D eigenvalue weighted by atomic mass is 10.2. The molecule has 0 spiro atoms. The number of aliphatic carboxylic acids is 1. The maximum atomic E-state index is 10.7. The molecule has 1 aromatic carbocycles. The van der Waals surface area contributed by atoms with Gasteiger partial charge in [0.1, 0.15) is 5.82 Å². The smallest absolute Gasteiger partial charge is 0.163 e. The van der Waals surface area contributed by atoms with E-state index in [2.05, 4.69) is 10.7 Å². The van der Waals surface area contributed by atoms with E-state index in [0.29, 0.717) is 31.0 Å². The molecule has 0 saturated heterocycles. The summed E-state index contributed by atoms with van der Waals surface area (Å²) in [6.07, 6.45) is 0.607. The van der Waals surface area contributed by atoms with Crippen molar-refractivity contribution in [1.29, 1.82) is 0 Å². The number of aromatic nitrogens is 2. The Morgan fingerprint density at radius 2 is 2.00 bits per heavy atom. The van der Waals surface area contributed by atoms with E-state index >= 15 is 0 Å². The van der Waals surface area contributed by atoms with Crippen molar-refractivity contribution in [1.82, 2.24) is 9.55 Å². The van der Waals surface area contributed by atoms with Crippen LogP contribution in [0.1, 0.15) is 12.2 Å². The summed E-state index contributed by atoms with van der Waals surface area (Å²) >= 11 is 0. The third-order valence-electron chi connectivity index (χ3n) is 3.27. The number of imidazole rings is 1. The van der Waals surface area contributed by atoms with E-state index in [1.165, 1.54) is 0 Å². The summed E-state index contributed by atoms with van der Waals surface area (Å²) in [6, 6.07) is 3.60. The molecule has 0 unspecified atom stereocenters. The van der Waals surface area contributed by atoms with Crippen LogP contribution in [0.5, 0.6) is 11.5 Å². The highest BCUT2D eigenvalue weighted by atomic mass is 16.5. The number of fused-ring (bicyclic) bond motifs is 1. The predicted molar refractivity (Wildman–Crippen MR) is 73.9 cm³/mol. The van der Waals surface area contributed by atoms with Crippen molar-refractivity contribution in [3.8, 4) is 11.5 Å². The Bertz CT molecular complexity index is 651. The quantitative estimate of drug-likeness (QED) is 0.703. The van der Waals surface area contributed by atoms with Crippen molar-refractivity contribution >= 4 is 17.0 Å². The second-order valence-electron chi connectivity index (χ2n) is 4.60.